The molecule has 0 radical (unpaired) electrons. The highest BCUT2D eigenvalue weighted by Gasteiger charge is 2.42. The molecule has 0 unspecified atom stereocenters. The Bertz CT molecular complexity index is 599. The van der Waals surface area contributed by atoms with Crippen molar-refractivity contribution in [1.82, 2.24) is 9.88 Å². The van der Waals surface area contributed by atoms with Crippen LogP contribution in [0.2, 0.25) is 0 Å². The van der Waals surface area contributed by atoms with Crippen LogP contribution < -0.4 is 0 Å². The first kappa shape index (κ1) is 15.3. The number of nitrogens with zero attached hydrogens (tertiary/aromatic N) is 1. The molecule has 1 saturated carbocycles. The minimum absolute atomic E-state index is 0.292. The zero-order valence-corrected chi connectivity index (χ0v) is 13.5. The van der Waals surface area contributed by atoms with Gasteiger partial charge in [0, 0.05) is 12.7 Å². The third-order valence-corrected chi connectivity index (χ3v) is 4.81. The number of aromatic nitrogens is 1. The lowest BCUT2D eigenvalue weighted by molar-refractivity contribution is 0.0152. The van der Waals surface area contributed by atoms with Crippen LogP contribution in [0, 0.1) is 5.92 Å². The van der Waals surface area contributed by atoms with Gasteiger partial charge in [0.25, 0.3) is 0 Å². The van der Waals surface area contributed by atoms with Crippen LogP contribution in [0.3, 0.4) is 0 Å². The molecule has 1 heterocycles. The van der Waals surface area contributed by atoms with Crippen molar-refractivity contribution in [2.75, 3.05) is 14.1 Å². The molecule has 0 aliphatic heterocycles. The molecule has 3 nitrogen and oxygen atoms in total. The SMILES string of the molecule is CN(C)Cc1c[nH]c([C@@](O)(c2ccccc2)C2CCCC2)c1. The molecule has 0 amide bonds. The van der Waals surface area contributed by atoms with Gasteiger partial charge in [0.2, 0.25) is 0 Å². The summed E-state index contributed by atoms with van der Waals surface area (Å²) in [5, 5.41) is 11.7. The van der Waals surface area contributed by atoms with Crippen molar-refractivity contribution in [3.63, 3.8) is 0 Å². The molecule has 118 valence electrons. The van der Waals surface area contributed by atoms with Gasteiger partial charge in [-0.3, -0.25) is 0 Å². The zero-order chi connectivity index (χ0) is 15.6. The summed E-state index contributed by atoms with van der Waals surface area (Å²) in [7, 11) is 4.13. The van der Waals surface area contributed by atoms with Gasteiger partial charge < -0.3 is 15.0 Å². The molecule has 1 aromatic carbocycles. The fraction of sp³-hybridized carbons (Fsp3) is 0.474. The van der Waals surface area contributed by atoms with E-state index in [9.17, 15) is 5.11 Å². The van der Waals surface area contributed by atoms with Crippen molar-refractivity contribution >= 4 is 0 Å². The Morgan fingerprint density at radius 2 is 1.86 bits per heavy atom. The standard InChI is InChI=1S/C19H26N2O/c1-21(2)14-15-12-18(20-13-15)19(22,17-10-6-7-11-17)16-8-4-3-5-9-16/h3-5,8-9,12-13,17,20,22H,6-7,10-11,14H2,1-2H3/t19-/m1/s1. The van der Waals surface area contributed by atoms with E-state index in [0.29, 0.717) is 5.92 Å². The van der Waals surface area contributed by atoms with Crippen LogP contribution in [-0.4, -0.2) is 29.1 Å². The minimum atomic E-state index is -0.900. The van der Waals surface area contributed by atoms with Gasteiger partial charge in [-0.05, 0) is 50.0 Å². The molecular formula is C19H26N2O. The van der Waals surface area contributed by atoms with Gasteiger partial charge in [-0.15, -0.1) is 0 Å². The van der Waals surface area contributed by atoms with E-state index in [1.165, 1.54) is 18.4 Å². The first-order valence-corrected chi connectivity index (χ1v) is 8.21. The predicted molar refractivity (Wildman–Crippen MR) is 89.6 cm³/mol. The highest BCUT2D eigenvalue weighted by molar-refractivity contribution is 5.35. The van der Waals surface area contributed by atoms with Crippen LogP contribution in [0.1, 0.15) is 42.5 Å². The molecule has 22 heavy (non-hydrogen) atoms. The largest absolute Gasteiger partial charge is 0.379 e. The van der Waals surface area contributed by atoms with Crippen LogP contribution >= 0.6 is 0 Å². The highest BCUT2D eigenvalue weighted by atomic mass is 16.3. The average Bonchev–Trinajstić information content (AvgIpc) is 3.18. The Balaban J connectivity index is 2.00. The molecule has 1 aromatic heterocycles. The Morgan fingerprint density at radius 1 is 1.18 bits per heavy atom. The molecular weight excluding hydrogens is 272 g/mol. The normalized spacial score (nSPS) is 18.7. The Labute approximate surface area is 133 Å². The third kappa shape index (κ3) is 2.83. The van der Waals surface area contributed by atoms with E-state index >= 15 is 0 Å². The summed E-state index contributed by atoms with van der Waals surface area (Å²) in [6.07, 6.45) is 6.63. The molecule has 0 spiro atoms. The van der Waals surface area contributed by atoms with Gasteiger partial charge in [-0.25, -0.2) is 0 Å². The molecule has 1 aliphatic carbocycles. The van der Waals surface area contributed by atoms with Crippen molar-refractivity contribution in [2.45, 2.75) is 37.8 Å². The first-order chi connectivity index (χ1) is 10.6. The van der Waals surface area contributed by atoms with Crippen molar-refractivity contribution in [3.05, 3.63) is 59.4 Å². The molecule has 1 atom stereocenters. The summed E-state index contributed by atoms with van der Waals surface area (Å²) >= 11 is 0. The molecule has 0 bridgehead atoms. The van der Waals surface area contributed by atoms with Crippen LogP contribution in [0.15, 0.2) is 42.6 Å². The number of hydrogen-bond acceptors (Lipinski definition) is 2. The lowest BCUT2D eigenvalue weighted by Crippen LogP contribution is -2.35. The highest BCUT2D eigenvalue weighted by Crippen LogP contribution is 2.44. The van der Waals surface area contributed by atoms with Crippen molar-refractivity contribution < 1.29 is 5.11 Å². The van der Waals surface area contributed by atoms with Crippen LogP contribution in [-0.2, 0) is 12.1 Å². The lowest BCUT2D eigenvalue weighted by atomic mass is 9.77. The van der Waals surface area contributed by atoms with Gasteiger partial charge in [0.15, 0.2) is 0 Å². The monoisotopic (exact) mass is 298 g/mol. The minimum Gasteiger partial charge on any atom is -0.379 e. The summed E-state index contributed by atoms with van der Waals surface area (Å²) in [5.74, 6) is 0.292. The quantitative estimate of drug-likeness (QED) is 0.887. The molecule has 2 N–H and O–H groups in total. The predicted octanol–water partition coefficient (Wildman–Crippen LogP) is 3.50. The molecule has 1 aliphatic rings. The van der Waals surface area contributed by atoms with E-state index in [2.05, 4.69) is 30.0 Å². The maximum atomic E-state index is 11.7. The molecule has 1 fully saturated rings. The summed E-state index contributed by atoms with van der Waals surface area (Å²) < 4.78 is 0. The van der Waals surface area contributed by atoms with E-state index in [0.717, 1.165) is 30.6 Å². The lowest BCUT2D eigenvalue weighted by Gasteiger charge is -2.34. The second kappa shape index (κ2) is 6.27. The summed E-state index contributed by atoms with van der Waals surface area (Å²) in [6.45, 7) is 0.881. The van der Waals surface area contributed by atoms with Gasteiger partial charge in [0.05, 0.1) is 5.69 Å². The van der Waals surface area contributed by atoms with Gasteiger partial charge in [-0.2, -0.15) is 0 Å². The van der Waals surface area contributed by atoms with E-state index in [1.807, 2.05) is 36.5 Å². The summed E-state index contributed by atoms with van der Waals surface area (Å²) in [5.41, 5.74) is 2.25. The Morgan fingerprint density at radius 3 is 2.50 bits per heavy atom. The number of H-pyrrole nitrogens is 1. The van der Waals surface area contributed by atoms with Crippen LogP contribution in [0.4, 0.5) is 0 Å². The summed E-state index contributed by atoms with van der Waals surface area (Å²) in [6, 6.07) is 12.3. The van der Waals surface area contributed by atoms with Gasteiger partial charge in [0.1, 0.15) is 5.60 Å². The number of benzene rings is 1. The first-order valence-electron chi connectivity index (χ1n) is 8.21. The summed E-state index contributed by atoms with van der Waals surface area (Å²) in [4.78, 5) is 5.49. The maximum Gasteiger partial charge on any atom is 0.132 e. The van der Waals surface area contributed by atoms with Crippen molar-refractivity contribution in [1.29, 1.82) is 0 Å². The Kier molecular flexibility index (Phi) is 4.37. The van der Waals surface area contributed by atoms with E-state index in [4.69, 9.17) is 0 Å². The van der Waals surface area contributed by atoms with E-state index in [-0.39, 0.29) is 0 Å². The number of rotatable bonds is 5. The van der Waals surface area contributed by atoms with E-state index < -0.39 is 5.60 Å². The maximum absolute atomic E-state index is 11.7. The topological polar surface area (TPSA) is 39.3 Å². The number of aromatic amines is 1. The second-order valence-electron chi connectivity index (χ2n) is 6.77. The molecule has 0 saturated heterocycles. The smallest absolute Gasteiger partial charge is 0.132 e. The zero-order valence-electron chi connectivity index (χ0n) is 13.5. The molecule has 3 heteroatoms. The number of aliphatic hydroxyl groups is 1. The third-order valence-electron chi connectivity index (χ3n) is 4.81. The van der Waals surface area contributed by atoms with E-state index in [1.54, 1.807) is 0 Å². The number of nitrogens with one attached hydrogen (secondary N) is 1. The van der Waals surface area contributed by atoms with Gasteiger partial charge in [-0.1, -0.05) is 43.2 Å². The van der Waals surface area contributed by atoms with Crippen LogP contribution in [0.25, 0.3) is 0 Å². The fourth-order valence-corrected chi connectivity index (χ4v) is 3.76. The second-order valence-corrected chi connectivity index (χ2v) is 6.77. The van der Waals surface area contributed by atoms with Gasteiger partial charge >= 0.3 is 0 Å². The van der Waals surface area contributed by atoms with Crippen molar-refractivity contribution in [3.8, 4) is 0 Å². The fourth-order valence-electron chi connectivity index (χ4n) is 3.76. The number of hydrogen-bond donors (Lipinski definition) is 2. The molecule has 2 aromatic rings. The Hall–Kier alpha value is -1.58. The van der Waals surface area contributed by atoms with Crippen molar-refractivity contribution in [2.24, 2.45) is 5.92 Å². The van der Waals surface area contributed by atoms with Crippen LogP contribution in [0.5, 0.6) is 0 Å². The molecule has 3 rings (SSSR count). The average molecular weight is 298 g/mol.